The Labute approximate surface area is 347 Å². The summed E-state index contributed by atoms with van der Waals surface area (Å²) in [5.41, 5.74) is -3.59. The van der Waals surface area contributed by atoms with Crippen molar-refractivity contribution in [2.24, 2.45) is 29.6 Å². The summed E-state index contributed by atoms with van der Waals surface area (Å²) in [5, 5.41) is 23.1. The molecular formula is C41H67IN2O12. The highest BCUT2D eigenvalue weighted by Crippen LogP contribution is 2.47. The second-order valence-electron chi connectivity index (χ2n) is 17.5. The summed E-state index contributed by atoms with van der Waals surface area (Å²) < 4.78 is 43.5. The Morgan fingerprint density at radius 3 is 2.20 bits per heavy atom. The first-order valence-electron chi connectivity index (χ1n) is 19.9. The Hall–Kier alpha value is -1.62. The number of alkyl halides is 1. The van der Waals surface area contributed by atoms with Gasteiger partial charge in [-0.2, -0.15) is 0 Å². The number of hydrogen-bond donors (Lipinski definition) is 2. The van der Waals surface area contributed by atoms with Gasteiger partial charge in [0.15, 0.2) is 16.0 Å². The van der Waals surface area contributed by atoms with Crippen LogP contribution in [0.2, 0.25) is 0 Å². The van der Waals surface area contributed by atoms with Gasteiger partial charge in [-0.1, -0.05) is 27.7 Å². The first kappa shape index (κ1) is 47.1. The van der Waals surface area contributed by atoms with E-state index in [1.165, 1.54) is 12.0 Å². The van der Waals surface area contributed by atoms with Gasteiger partial charge in [0.25, 0.3) is 0 Å². The maximum absolute atomic E-state index is 14.5. The van der Waals surface area contributed by atoms with E-state index in [2.05, 4.69) is 5.92 Å². The Morgan fingerprint density at radius 2 is 1.61 bits per heavy atom. The van der Waals surface area contributed by atoms with E-state index in [1.807, 2.05) is 69.2 Å². The third-order valence-electron chi connectivity index (χ3n) is 13.5. The van der Waals surface area contributed by atoms with Gasteiger partial charge in [-0.25, -0.2) is 4.79 Å². The lowest BCUT2D eigenvalue weighted by atomic mass is 9.67. The van der Waals surface area contributed by atoms with Gasteiger partial charge in [0.1, 0.15) is 18.0 Å². The standard InChI is InChI=1S/C41H67IN2O12/c1-15-16-17-43(11)27-18-22(3)52-36(31(27)46)54-34-23(4)29(28-20-39(8,50-13)33(47)26(7)53-28)24(5)35(48)55-37(42)41(10)32(44(12)38(49)56-41)25(6)30(45)21(2)19-40(34,9)51-14/h1,21-29,31-34,36-37,46-47H,16-20H2,2-14H3/t21-,22-,23+,24-,25+,26+,27+,28-,29?,31-,32-,33+,34-,36+,37+,39-,40-,41+/m1/s1. The summed E-state index contributed by atoms with van der Waals surface area (Å²) in [6.07, 6.45) is 0.746. The molecular weight excluding hydrogens is 839 g/mol. The summed E-state index contributed by atoms with van der Waals surface area (Å²) in [7, 11) is 6.60. The number of amides is 1. The molecule has 4 heterocycles. The molecule has 4 saturated heterocycles. The number of fused-ring (bicyclic) bond motifs is 1. The number of likely N-dealkylation sites (N-methyl/N-ethyl adjacent to an activating group) is 2. The molecule has 14 nitrogen and oxygen atoms in total. The first-order valence-corrected chi connectivity index (χ1v) is 21.2. The molecule has 0 spiro atoms. The molecule has 0 bridgehead atoms. The van der Waals surface area contributed by atoms with Crippen molar-refractivity contribution in [1.29, 1.82) is 0 Å². The molecule has 1 unspecified atom stereocenters. The minimum Gasteiger partial charge on any atom is -0.447 e. The zero-order valence-electron chi connectivity index (χ0n) is 35.5. The van der Waals surface area contributed by atoms with Crippen LogP contribution in [0.3, 0.4) is 0 Å². The number of terminal acetylenes is 1. The number of methoxy groups -OCH3 is 2. The second kappa shape index (κ2) is 18.3. The summed E-state index contributed by atoms with van der Waals surface area (Å²) in [4.78, 5) is 45.6. The van der Waals surface area contributed by atoms with Gasteiger partial charge in [-0.15, -0.1) is 12.3 Å². The van der Waals surface area contributed by atoms with Crippen molar-refractivity contribution in [3.63, 3.8) is 0 Å². The highest BCUT2D eigenvalue weighted by molar-refractivity contribution is 14.1. The molecule has 56 heavy (non-hydrogen) atoms. The first-order chi connectivity index (χ1) is 26.0. The van der Waals surface area contributed by atoms with Crippen LogP contribution in [0.15, 0.2) is 0 Å². The van der Waals surface area contributed by atoms with E-state index in [1.54, 1.807) is 41.9 Å². The number of rotatable bonds is 8. The summed E-state index contributed by atoms with van der Waals surface area (Å²) in [6, 6.07) is -1.09. The zero-order valence-corrected chi connectivity index (χ0v) is 37.7. The summed E-state index contributed by atoms with van der Waals surface area (Å²) in [5.74, 6) is -1.46. The van der Waals surface area contributed by atoms with Crippen LogP contribution in [0, 0.1) is 41.9 Å². The number of ether oxygens (including phenoxy) is 7. The molecule has 0 aromatic carbocycles. The van der Waals surface area contributed by atoms with Crippen molar-refractivity contribution in [3.05, 3.63) is 0 Å². The average molecular weight is 907 g/mol. The second-order valence-corrected chi connectivity index (χ2v) is 18.7. The largest absolute Gasteiger partial charge is 0.447 e. The lowest BCUT2D eigenvalue weighted by Crippen LogP contribution is -2.62. The van der Waals surface area contributed by atoms with E-state index >= 15 is 0 Å². The van der Waals surface area contributed by atoms with E-state index in [0.717, 1.165) is 0 Å². The van der Waals surface area contributed by atoms with Crippen molar-refractivity contribution >= 4 is 40.4 Å². The Bertz CT molecular complexity index is 1450. The maximum atomic E-state index is 14.5. The number of aliphatic hydroxyl groups excluding tert-OH is 2. The van der Waals surface area contributed by atoms with Crippen molar-refractivity contribution in [2.45, 2.75) is 164 Å². The van der Waals surface area contributed by atoms with Gasteiger partial charge in [0.05, 0.1) is 47.6 Å². The number of carbonyl (C=O) groups excluding carboxylic acids is 3. The van der Waals surface area contributed by atoms with Gasteiger partial charge < -0.3 is 48.3 Å². The average Bonchev–Trinajstić information content (AvgIpc) is 3.38. The number of cyclic esters (lactones) is 1. The number of carbonyl (C=O) groups is 3. The van der Waals surface area contributed by atoms with Gasteiger partial charge in [-0.05, 0) is 83.0 Å². The van der Waals surface area contributed by atoms with Crippen molar-refractivity contribution in [3.8, 4) is 12.3 Å². The van der Waals surface area contributed by atoms with Gasteiger partial charge in [0.2, 0.25) is 0 Å². The van der Waals surface area contributed by atoms with Crippen LogP contribution < -0.4 is 0 Å². The molecule has 15 heteroatoms. The lowest BCUT2D eigenvalue weighted by Gasteiger charge is -2.52. The number of halogens is 1. The highest BCUT2D eigenvalue weighted by Gasteiger charge is 2.60. The Kier molecular flexibility index (Phi) is 15.4. The van der Waals surface area contributed by atoms with Crippen LogP contribution in [0.5, 0.6) is 0 Å². The quantitative estimate of drug-likeness (QED) is 0.155. The van der Waals surface area contributed by atoms with Crippen molar-refractivity contribution < 1.29 is 57.8 Å². The molecule has 1 amide bonds. The smallest absolute Gasteiger partial charge is 0.410 e. The molecule has 4 fully saturated rings. The van der Waals surface area contributed by atoms with Gasteiger partial charge in [-0.3, -0.25) is 14.5 Å². The number of ketones is 1. The molecule has 0 aromatic rings. The fraction of sp³-hybridized carbons (Fsp3) is 0.878. The van der Waals surface area contributed by atoms with E-state index in [-0.39, 0.29) is 30.8 Å². The highest BCUT2D eigenvalue weighted by atomic mass is 127. The van der Waals surface area contributed by atoms with Crippen molar-refractivity contribution in [2.75, 3.05) is 34.9 Å². The number of aliphatic hydroxyl groups is 2. The molecule has 4 aliphatic rings. The van der Waals surface area contributed by atoms with Crippen LogP contribution in [0.1, 0.15) is 88.0 Å². The summed E-state index contributed by atoms with van der Waals surface area (Å²) >= 11 is 1.98. The normalized spacial score (nSPS) is 47.1. The minimum atomic E-state index is -1.36. The third kappa shape index (κ3) is 9.08. The lowest BCUT2D eigenvalue weighted by molar-refractivity contribution is -0.305. The van der Waals surface area contributed by atoms with E-state index in [9.17, 15) is 24.6 Å². The van der Waals surface area contributed by atoms with Crippen LogP contribution in [0.4, 0.5) is 4.79 Å². The summed E-state index contributed by atoms with van der Waals surface area (Å²) in [6.45, 7) is 17.0. The van der Waals surface area contributed by atoms with Gasteiger partial charge >= 0.3 is 12.1 Å². The topological polar surface area (TPSA) is 163 Å². The van der Waals surface area contributed by atoms with E-state index < -0.39 is 105 Å². The number of Topliss-reactive ketones (excluding diaryl/α,β-unsaturated/α-hetero) is 1. The number of nitrogens with zero attached hydrogens (tertiary/aromatic N) is 2. The third-order valence-corrected chi connectivity index (χ3v) is 15.0. The molecule has 4 aliphatic heterocycles. The van der Waals surface area contributed by atoms with E-state index in [0.29, 0.717) is 19.4 Å². The molecule has 2 N–H and O–H groups in total. The minimum absolute atomic E-state index is 0.134. The Balaban J connectivity index is 1.90. The molecule has 18 atom stereocenters. The molecule has 0 radical (unpaired) electrons. The van der Waals surface area contributed by atoms with Crippen LogP contribution >= 0.6 is 22.6 Å². The molecule has 0 aliphatic carbocycles. The van der Waals surface area contributed by atoms with Crippen LogP contribution in [-0.2, 0) is 42.7 Å². The fourth-order valence-corrected chi connectivity index (χ4v) is 10.8. The number of esters is 1. The zero-order chi connectivity index (χ0) is 42.2. The Morgan fingerprint density at radius 1 is 0.982 bits per heavy atom. The fourth-order valence-electron chi connectivity index (χ4n) is 10.1. The van der Waals surface area contributed by atoms with E-state index in [4.69, 9.17) is 39.6 Å². The SMILES string of the molecule is C#CCCN(C)[C@H]1C[C@@H](C)O[C@@H](O[C@@H]2[C@@H](C)C([C@H]3C[C@@](C)(OC)[C@@H](O)[C@H](C)O3)[C@@H](C)C(=O)O[C@H](I)[C@@]3(C)OC(=O)N(C)[C@@H]3[C@@H](C)C(=O)[C@H](C)C[C@@]2(C)OC)[C@@H]1O. The van der Waals surface area contributed by atoms with Crippen molar-refractivity contribution in [1.82, 2.24) is 9.80 Å². The van der Waals surface area contributed by atoms with Crippen LogP contribution in [-0.4, -0.2) is 149 Å². The van der Waals surface area contributed by atoms with Crippen LogP contribution in [0.25, 0.3) is 0 Å². The monoisotopic (exact) mass is 906 g/mol. The molecule has 4 rings (SSSR count). The molecule has 0 saturated carbocycles. The number of hydrogen-bond acceptors (Lipinski definition) is 13. The van der Waals surface area contributed by atoms with Gasteiger partial charge in [0, 0.05) is 64.4 Å². The maximum Gasteiger partial charge on any atom is 0.410 e. The predicted octanol–water partition coefficient (Wildman–Crippen LogP) is 4.19. The molecule has 0 aromatic heterocycles. The molecule has 320 valence electrons. The predicted molar refractivity (Wildman–Crippen MR) is 216 cm³/mol.